The summed E-state index contributed by atoms with van der Waals surface area (Å²) < 4.78 is 5.35. The van der Waals surface area contributed by atoms with Crippen LogP contribution >= 0.6 is 0 Å². The van der Waals surface area contributed by atoms with Crippen molar-refractivity contribution in [3.8, 4) is 5.75 Å². The summed E-state index contributed by atoms with van der Waals surface area (Å²) in [5.74, 6) is 0.146. The van der Waals surface area contributed by atoms with Crippen LogP contribution in [0.1, 0.15) is 21.5 Å². The Hall–Kier alpha value is -3.20. The van der Waals surface area contributed by atoms with Gasteiger partial charge >= 0.3 is 5.97 Å². The summed E-state index contributed by atoms with van der Waals surface area (Å²) in [7, 11) is 0. The highest BCUT2D eigenvalue weighted by molar-refractivity contribution is 5.91. The van der Waals surface area contributed by atoms with Crippen molar-refractivity contribution in [2.75, 3.05) is 0 Å². The van der Waals surface area contributed by atoms with Crippen LogP contribution in [0, 0.1) is 6.92 Å². The predicted molar refractivity (Wildman–Crippen MR) is 96.3 cm³/mol. The van der Waals surface area contributed by atoms with Gasteiger partial charge in [-0.3, -0.25) is 4.99 Å². The third kappa shape index (κ3) is 4.17. The fourth-order valence-electron chi connectivity index (χ4n) is 2.14. The zero-order chi connectivity index (χ0) is 16.8. The third-order valence-corrected chi connectivity index (χ3v) is 3.50. The van der Waals surface area contributed by atoms with Gasteiger partial charge < -0.3 is 4.74 Å². The van der Waals surface area contributed by atoms with Crippen molar-refractivity contribution >= 4 is 17.9 Å². The van der Waals surface area contributed by atoms with Gasteiger partial charge in [0.25, 0.3) is 0 Å². The Bertz CT molecular complexity index is 835. The monoisotopic (exact) mass is 315 g/mol. The van der Waals surface area contributed by atoms with E-state index in [0.717, 1.165) is 11.3 Å². The molecule has 0 bridgehead atoms. The molecule has 0 heterocycles. The summed E-state index contributed by atoms with van der Waals surface area (Å²) in [5.41, 5.74) is 3.58. The summed E-state index contributed by atoms with van der Waals surface area (Å²) in [6.07, 6.45) is 1.79. The number of hydrogen-bond acceptors (Lipinski definition) is 3. The molecular formula is C21H17NO2. The van der Waals surface area contributed by atoms with E-state index in [4.69, 9.17) is 4.74 Å². The number of aryl methyl sites for hydroxylation is 1. The Morgan fingerprint density at radius 3 is 2.21 bits per heavy atom. The van der Waals surface area contributed by atoms with Crippen molar-refractivity contribution in [3.05, 3.63) is 95.6 Å². The number of benzene rings is 3. The molecule has 118 valence electrons. The van der Waals surface area contributed by atoms with E-state index in [9.17, 15) is 4.79 Å². The Balaban J connectivity index is 1.65. The SMILES string of the molecule is Cc1ccc(N=Cc2ccc(OC(=O)c3ccccc3)cc2)cc1. The Morgan fingerprint density at radius 1 is 0.875 bits per heavy atom. The van der Waals surface area contributed by atoms with Crippen LogP contribution in [0.15, 0.2) is 83.9 Å². The number of aliphatic imine (C=N–C) groups is 1. The van der Waals surface area contributed by atoms with Gasteiger partial charge in [0.15, 0.2) is 0 Å². The zero-order valence-corrected chi connectivity index (χ0v) is 13.3. The third-order valence-electron chi connectivity index (χ3n) is 3.50. The van der Waals surface area contributed by atoms with Crippen LogP contribution in [-0.2, 0) is 0 Å². The maximum Gasteiger partial charge on any atom is 0.343 e. The molecule has 0 atom stereocenters. The molecule has 3 heteroatoms. The molecule has 3 aromatic carbocycles. The molecule has 0 N–H and O–H groups in total. The van der Waals surface area contributed by atoms with Crippen LogP contribution in [0.3, 0.4) is 0 Å². The molecule has 0 aliphatic rings. The molecule has 0 amide bonds. The highest BCUT2D eigenvalue weighted by Crippen LogP contribution is 2.15. The Morgan fingerprint density at radius 2 is 1.54 bits per heavy atom. The van der Waals surface area contributed by atoms with Crippen LogP contribution in [-0.4, -0.2) is 12.2 Å². The van der Waals surface area contributed by atoms with Crippen molar-refractivity contribution in [2.24, 2.45) is 4.99 Å². The number of ether oxygens (including phenoxy) is 1. The second-order valence-electron chi connectivity index (χ2n) is 5.42. The lowest BCUT2D eigenvalue weighted by molar-refractivity contribution is 0.0735. The maximum absolute atomic E-state index is 12.0. The number of nitrogens with zero attached hydrogens (tertiary/aromatic N) is 1. The standard InChI is InChI=1S/C21H17NO2/c1-16-7-11-19(12-8-16)22-15-17-9-13-20(14-10-17)24-21(23)18-5-3-2-4-6-18/h2-15H,1H3. The first-order valence-corrected chi connectivity index (χ1v) is 7.69. The molecule has 0 radical (unpaired) electrons. The van der Waals surface area contributed by atoms with Gasteiger partial charge in [-0.1, -0.05) is 35.9 Å². The van der Waals surface area contributed by atoms with Crippen molar-refractivity contribution < 1.29 is 9.53 Å². The van der Waals surface area contributed by atoms with Gasteiger partial charge in [-0.25, -0.2) is 4.79 Å². The molecule has 0 aromatic heterocycles. The van der Waals surface area contributed by atoms with E-state index in [1.54, 1.807) is 42.6 Å². The molecule has 0 spiro atoms. The highest BCUT2D eigenvalue weighted by atomic mass is 16.5. The predicted octanol–water partition coefficient (Wildman–Crippen LogP) is 4.96. The first-order chi connectivity index (χ1) is 11.7. The number of carbonyl (C=O) groups excluding carboxylic acids is 1. The lowest BCUT2D eigenvalue weighted by Crippen LogP contribution is -2.07. The number of carbonyl (C=O) groups is 1. The van der Waals surface area contributed by atoms with Crippen molar-refractivity contribution in [1.29, 1.82) is 0 Å². The Kier molecular flexibility index (Phi) is 4.82. The molecule has 24 heavy (non-hydrogen) atoms. The molecule has 0 aliphatic carbocycles. The lowest BCUT2D eigenvalue weighted by atomic mass is 10.2. The summed E-state index contributed by atoms with van der Waals surface area (Å²) >= 11 is 0. The molecule has 0 saturated heterocycles. The van der Waals surface area contributed by atoms with Crippen LogP contribution in [0.5, 0.6) is 5.75 Å². The van der Waals surface area contributed by atoms with E-state index in [1.165, 1.54) is 5.56 Å². The molecule has 3 aromatic rings. The zero-order valence-electron chi connectivity index (χ0n) is 13.3. The van der Waals surface area contributed by atoms with Gasteiger partial charge in [0.1, 0.15) is 5.75 Å². The summed E-state index contributed by atoms with van der Waals surface area (Å²) in [5, 5.41) is 0. The molecule has 0 aliphatic heterocycles. The quantitative estimate of drug-likeness (QED) is 0.387. The number of hydrogen-bond donors (Lipinski definition) is 0. The summed E-state index contributed by atoms with van der Waals surface area (Å²) in [4.78, 5) is 16.4. The largest absolute Gasteiger partial charge is 0.423 e. The fraction of sp³-hybridized carbons (Fsp3) is 0.0476. The molecule has 3 nitrogen and oxygen atoms in total. The minimum Gasteiger partial charge on any atom is -0.423 e. The van der Waals surface area contributed by atoms with Crippen LogP contribution in [0.2, 0.25) is 0 Å². The van der Waals surface area contributed by atoms with Crippen molar-refractivity contribution in [3.63, 3.8) is 0 Å². The van der Waals surface area contributed by atoms with Crippen LogP contribution in [0.4, 0.5) is 5.69 Å². The molecule has 3 rings (SSSR count). The minimum atomic E-state index is -0.364. The van der Waals surface area contributed by atoms with E-state index < -0.39 is 0 Å². The van der Waals surface area contributed by atoms with Gasteiger partial charge in [-0.15, -0.1) is 0 Å². The highest BCUT2D eigenvalue weighted by Gasteiger charge is 2.07. The van der Waals surface area contributed by atoms with Gasteiger partial charge in [-0.05, 0) is 61.0 Å². The summed E-state index contributed by atoms with van der Waals surface area (Å²) in [6, 6.07) is 24.2. The molecular weight excluding hydrogens is 298 g/mol. The maximum atomic E-state index is 12.0. The number of esters is 1. The van der Waals surface area contributed by atoms with E-state index >= 15 is 0 Å². The lowest BCUT2D eigenvalue weighted by Gasteiger charge is -2.04. The van der Waals surface area contributed by atoms with Crippen LogP contribution in [0.25, 0.3) is 0 Å². The number of rotatable bonds is 4. The summed E-state index contributed by atoms with van der Waals surface area (Å²) in [6.45, 7) is 2.04. The van der Waals surface area contributed by atoms with Crippen molar-refractivity contribution in [1.82, 2.24) is 0 Å². The van der Waals surface area contributed by atoms with Gasteiger partial charge in [0, 0.05) is 6.21 Å². The second-order valence-corrected chi connectivity index (χ2v) is 5.42. The topological polar surface area (TPSA) is 38.7 Å². The average Bonchev–Trinajstić information content (AvgIpc) is 2.63. The Labute approximate surface area is 141 Å². The van der Waals surface area contributed by atoms with Gasteiger partial charge in [0.2, 0.25) is 0 Å². The van der Waals surface area contributed by atoms with E-state index in [-0.39, 0.29) is 5.97 Å². The van der Waals surface area contributed by atoms with Crippen molar-refractivity contribution in [2.45, 2.75) is 6.92 Å². The van der Waals surface area contributed by atoms with E-state index in [2.05, 4.69) is 4.99 Å². The minimum absolute atomic E-state index is 0.364. The first-order valence-electron chi connectivity index (χ1n) is 7.69. The van der Waals surface area contributed by atoms with Gasteiger partial charge in [0.05, 0.1) is 11.3 Å². The average molecular weight is 315 g/mol. The fourth-order valence-corrected chi connectivity index (χ4v) is 2.14. The molecule has 0 unspecified atom stereocenters. The first kappa shape index (κ1) is 15.7. The second kappa shape index (κ2) is 7.38. The van der Waals surface area contributed by atoms with E-state index in [1.807, 2.05) is 49.4 Å². The molecule has 0 fully saturated rings. The van der Waals surface area contributed by atoms with E-state index in [0.29, 0.717) is 11.3 Å². The van der Waals surface area contributed by atoms with Crippen LogP contribution < -0.4 is 4.74 Å². The smallest absolute Gasteiger partial charge is 0.343 e. The normalized spacial score (nSPS) is 10.7. The van der Waals surface area contributed by atoms with Gasteiger partial charge in [-0.2, -0.15) is 0 Å². The molecule has 0 saturated carbocycles.